The Morgan fingerprint density at radius 1 is 0.390 bits per heavy atom. The van der Waals surface area contributed by atoms with Crippen molar-refractivity contribution in [3.05, 3.63) is 36.5 Å². The molecule has 0 saturated heterocycles. The van der Waals surface area contributed by atoms with Gasteiger partial charge < -0.3 is 20.1 Å². The maximum Gasteiger partial charge on any atom is 0.472 e. The molecule has 0 aromatic carbocycles. The zero-order valence-corrected chi connectivity index (χ0v) is 51.9. The minimum atomic E-state index is -4.39. The Morgan fingerprint density at radius 2 is 0.675 bits per heavy atom. The van der Waals surface area contributed by atoms with Crippen molar-refractivity contribution in [2.75, 3.05) is 26.4 Å². The van der Waals surface area contributed by atoms with E-state index in [9.17, 15) is 19.0 Å². The van der Waals surface area contributed by atoms with Crippen LogP contribution in [0.2, 0.25) is 0 Å². The van der Waals surface area contributed by atoms with E-state index in [0.717, 1.165) is 38.5 Å². The Kier molecular flexibility index (Phi) is 62.0. The van der Waals surface area contributed by atoms with E-state index in [1.807, 2.05) is 0 Å². The fourth-order valence-corrected chi connectivity index (χ4v) is 10.8. The highest BCUT2D eigenvalue weighted by Gasteiger charge is 2.26. The third kappa shape index (κ3) is 63.3. The lowest BCUT2D eigenvalue weighted by atomic mass is 10.0. The van der Waals surface area contributed by atoms with Crippen LogP contribution in [-0.2, 0) is 32.7 Å². The second-order valence-electron chi connectivity index (χ2n) is 22.7. The molecule has 0 rings (SSSR count). The molecule has 0 aliphatic carbocycles. The first-order valence-corrected chi connectivity index (χ1v) is 35.0. The van der Waals surface area contributed by atoms with Gasteiger partial charge in [-0.15, -0.1) is 0 Å². The van der Waals surface area contributed by atoms with E-state index in [2.05, 4.69) is 50.3 Å². The highest BCUT2D eigenvalue weighted by atomic mass is 31.2. The van der Waals surface area contributed by atoms with E-state index < -0.39 is 26.5 Å². The molecule has 3 N–H and O–H groups in total. The predicted molar refractivity (Wildman–Crippen MR) is 330 cm³/mol. The third-order valence-electron chi connectivity index (χ3n) is 15.0. The first-order valence-electron chi connectivity index (χ1n) is 33.5. The molecule has 77 heavy (non-hydrogen) atoms. The van der Waals surface area contributed by atoms with E-state index in [4.69, 9.17) is 24.3 Å². The van der Waals surface area contributed by atoms with Crippen molar-refractivity contribution in [2.45, 2.75) is 354 Å². The summed E-state index contributed by atoms with van der Waals surface area (Å²) >= 11 is 0. The molecule has 0 aromatic rings. The van der Waals surface area contributed by atoms with Crippen molar-refractivity contribution in [1.82, 2.24) is 0 Å². The van der Waals surface area contributed by atoms with Gasteiger partial charge in [0, 0.05) is 19.4 Å². The molecule has 2 unspecified atom stereocenters. The van der Waals surface area contributed by atoms with Gasteiger partial charge in [-0.2, -0.15) is 0 Å². The van der Waals surface area contributed by atoms with Crippen LogP contribution in [0.5, 0.6) is 0 Å². The van der Waals surface area contributed by atoms with Gasteiger partial charge in [0.1, 0.15) is 6.61 Å². The van der Waals surface area contributed by atoms with Crippen LogP contribution < -0.4 is 5.73 Å². The summed E-state index contributed by atoms with van der Waals surface area (Å²) in [6, 6.07) is 0. The molecule has 9 nitrogen and oxygen atoms in total. The van der Waals surface area contributed by atoms with Gasteiger partial charge in [0.15, 0.2) is 6.10 Å². The van der Waals surface area contributed by atoms with E-state index in [-0.39, 0.29) is 38.6 Å². The second kappa shape index (κ2) is 63.4. The van der Waals surface area contributed by atoms with Crippen molar-refractivity contribution < 1.29 is 37.6 Å². The summed E-state index contributed by atoms with van der Waals surface area (Å²) in [5.74, 6) is -0.809. The summed E-state index contributed by atoms with van der Waals surface area (Å²) in [5, 5.41) is 0. The Bertz CT molecular complexity index is 1350. The van der Waals surface area contributed by atoms with Gasteiger partial charge in [0.2, 0.25) is 0 Å². The monoisotopic (exact) mass is 1110 g/mol. The lowest BCUT2D eigenvalue weighted by molar-refractivity contribution is -0.161. The second-order valence-corrected chi connectivity index (χ2v) is 24.1. The van der Waals surface area contributed by atoms with Gasteiger partial charge in [-0.3, -0.25) is 18.6 Å². The fraction of sp³-hybridized carbons (Fsp3) is 0.881. The third-order valence-corrected chi connectivity index (χ3v) is 16.0. The van der Waals surface area contributed by atoms with Crippen molar-refractivity contribution in [2.24, 2.45) is 5.73 Å². The molecule has 0 amide bonds. The summed E-state index contributed by atoms with van der Waals surface area (Å²) in [6.07, 6.45) is 78.0. The molecule has 10 heteroatoms. The van der Waals surface area contributed by atoms with Gasteiger partial charge in [-0.1, -0.05) is 301 Å². The van der Waals surface area contributed by atoms with Crippen molar-refractivity contribution in [1.29, 1.82) is 0 Å². The standard InChI is InChI=1S/C67H128NO8P/c1-3-5-7-9-11-13-15-17-19-21-23-25-27-28-29-30-31-32-33-34-35-36-38-40-42-44-46-48-50-52-54-56-58-60-67(70)76-65(64-75-77(71,72)74-62-61-68)63-73-66(69)59-57-55-53-51-49-47-45-43-41-39-37-26-24-22-20-18-16-14-12-10-8-6-4-2/h15,17,21-24,65H,3-14,16,18-20,25-64,68H2,1-2H3,(H,71,72)/b17-15-,23-21-,24-22-. The van der Waals surface area contributed by atoms with Gasteiger partial charge >= 0.3 is 19.8 Å². The number of phosphoric ester groups is 1. The molecule has 0 heterocycles. The minimum absolute atomic E-state index is 0.0555. The number of rotatable bonds is 64. The van der Waals surface area contributed by atoms with E-state index in [0.29, 0.717) is 6.42 Å². The number of hydrogen-bond acceptors (Lipinski definition) is 8. The first-order chi connectivity index (χ1) is 37.8. The minimum Gasteiger partial charge on any atom is -0.462 e. The Labute approximate surface area is 477 Å². The van der Waals surface area contributed by atoms with Crippen LogP contribution in [0.3, 0.4) is 0 Å². The molecule has 0 aliphatic heterocycles. The van der Waals surface area contributed by atoms with Crippen LogP contribution in [0, 0.1) is 0 Å². The topological polar surface area (TPSA) is 134 Å². The Hall–Kier alpha value is -1.77. The molecule has 0 aliphatic rings. The van der Waals surface area contributed by atoms with Crippen LogP contribution in [-0.4, -0.2) is 49.3 Å². The predicted octanol–water partition coefficient (Wildman–Crippen LogP) is 21.5. The quantitative estimate of drug-likeness (QED) is 0.0264. The summed E-state index contributed by atoms with van der Waals surface area (Å²) in [5.41, 5.74) is 5.40. The first kappa shape index (κ1) is 75.2. The highest BCUT2D eigenvalue weighted by molar-refractivity contribution is 7.47. The number of allylic oxidation sites excluding steroid dienone is 6. The van der Waals surface area contributed by atoms with E-state index in [1.165, 1.54) is 276 Å². The number of esters is 2. The van der Waals surface area contributed by atoms with Crippen molar-refractivity contribution in [3.63, 3.8) is 0 Å². The molecule has 0 spiro atoms. The lowest BCUT2D eigenvalue weighted by Gasteiger charge is -2.19. The summed E-state index contributed by atoms with van der Waals surface area (Å²) in [7, 11) is -4.39. The maximum absolute atomic E-state index is 12.7. The molecule has 0 saturated carbocycles. The number of carbonyl (C=O) groups excluding carboxylic acids is 2. The van der Waals surface area contributed by atoms with Crippen molar-refractivity contribution in [3.8, 4) is 0 Å². The molecule has 0 fully saturated rings. The van der Waals surface area contributed by atoms with Crippen LogP contribution in [0.4, 0.5) is 0 Å². The number of unbranched alkanes of at least 4 members (excludes halogenated alkanes) is 45. The van der Waals surface area contributed by atoms with Gasteiger partial charge in [-0.25, -0.2) is 4.57 Å². The van der Waals surface area contributed by atoms with Gasteiger partial charge in [0.25, 0.3) is 0 Å². The van der Waals surface area contributed by atoms with Gasteiger partial charge in [0.05, 0.1) is 13.2 Å². The Morgan fingerprint density at radius 3 is 1.00 bits per heavy atom. The van der Waals surface area contributed by atoms with E-state index >= 15 is 0 Å². The van der Waals surface area contributed by atoms with Crippen LogP contribution >= 0.6 is 7.82 Å². The van der Waals surface area contributed by atoms with E-state index in [1.54, 1.807) is 0 Å². The molecule has 0 radical (unpaired) electrons. The summed E-state index contributed by atoms with van der Waals surface area (Å²) in [6.45, 7) is 3.80. The number of ether oxygens (including phenoxy) is 2. The number of carbonyl (C=O) groups is 2. The zero-order chi connectivity index (χ0) is 55.9. The van der Waals surface area contributed by atoms with Gasteiger partial charge in [-0.05, 0) is 70.6 Å². The molecule has 0 aromatic heterocycles. The fourth-order valence-electron chi connectivity index (χ4n) is 10.0. The largest absolute Gasteiger partial charge is 0.472 e. The van der Waals surface area contributed by atoms with Crippen LogP contribution in [0.15, 0.2) is 36.5 Å². The van der Waals surface area contributed by atoms with Crippen molar-refractivity contribution >= 4 is 19.8 Å². The number of phosphoric acid groups is 1. The average Bonchev–Trinajstić information content (AvgIpc) is 3.42. The van der Waals surface area contributed by atoms with Crippen LogP contribution in [0.1, 0.15) is 348 Å². The molecular formula is C67H128NO8P. The number of hydrogen-bond donors (Lipinski definition) is 2. The number of nitrogens with two attached hydrogens (primary N) is 1. The zero-order valence-electron chi connectivity index (χ0n) is 51.0. The smallest absolute Gasteiger partial charge is 0.462 e. The summed E-state index contributed by atoms with van der Waals surface area (Å²) < 4.78 is 33.1. The lowest BCUT2D eigenvalue weighted by Crippen LogP contribution is -2.29. The molecule has 0 bridgehead atoms. The average molecular weight is 1110 g/mol. The molecule has 454 valence electrons. The maximum atomic E-state index is 12.7. The molecular weight excluding hydrogens is 978 g/mol. The highest BCUT2D eigenvalue weighted by Crippen LogP contribution is 2.43. The normalized spacial score (nSPS) is 13.1. The Balaban J connectivity index is 3.84. The SMILES string of the molecule is CCCCCCC/C=C\C/C=C\CCCCCCCCCCCCCCCCCCCCCCCC(=O)OC(COC(=O)CCCCCCCCCCCCC/C=C\CCCCCCCCCC)COP(=O)(O)OCCN. The molecule has 2 atom stereocenters. The van der Waals surface area contributed by atoms with Crippen LogP contribution in [0.25, 0.3) is 0 Å². The summed E-state index contributed by atoms with van der Waals surface area (Å²) in [4.78, 5) is 35.3.